The summed E-state index contributed by atoms with van der Waals surface area (Å²) >= 11 is 4.21. The number of nitrogens with one attached hydrogen (secondary N) is 1. The van der Waals surface area contributed by atoms with Crippen LogP contribution in [-0.4, -0.2) is 26.0 Å². The van der Waals surface area contributed by atoms with Crippen LogP contribution in [-0.2, 0) is 0 Å². The summed E-state index contributed by atoms with van der Waals surface area (Å²) in [6.45, 7) is 0. The summed E-state index contributed by atoms with van der Waals surface area (Å²) < 4.78 is 6.42. The maximum absolute atomic E-state index is 8.42. The van der Waals surface area contributed by atoms with Crippen molar-refractivity contribution in [3.63, 3.8) is 0 Å². The van der Waals surface area contributed by atoms with Crippen molar-refractivity contribution in [2.45, 2.75) is 0 Å². The average molecular weight is 610 g/mol. The molecule has 5 aromatic carbocycles. The Morgan fingerprint density at radius 1 is 0.565 bits per heavy atom. The molecule has 218 valence electrons. The molecule has 0 saturated heterocycles. The van der Waals surface area contributed by atoms with E-state index < -0.39 is 0 Å². The van der Waals surface area contributed by atoms with Gasteiger partial charge in [0.15, 0.2) is 5.82 Å². The van der Waals surface area contributed by atoms with E-state index in [4.69, 9.17) is 15.4 Å². The van der Waals surface area contributed by atoms with Crippen LogP contribution >= 0.6 is 12.8 Å². The lowest BCUT2D eigenvalue weighted by molar-refractivity contribution is 1.10. The molecule has 0 atom stereocenters. The standard InChI is InChI=1S/C40H27N5S/c41-33-22-23-37-38(39(33)44-46)32-16-7-8-17-36(32)45(37)31-15-9-14-30(24-31)26-18-20-29(21-19-26)40-42-34(27-10-3-1-4-11-27)25-35(43-40)28-12-5-2-6-13-28/h1-25,41,46H. The van der Waals surface area contributed by atoms with Gasteiger partial charge in [0.05, 0.1) is 28.3 Å². The summed E-state index contributed by atoms with van der Waals surface area (Å²) in [5, 5.41) is 9.46. The molecule has 46 heavy (non-hydrogen) atoms. The van der Waals surface area contributed by atoms with Crippen molar-refractivity contribution in [3.8, 4) is 50.7 Å². The maximum atomic E-state index is 8.42. The molecule has 0 radical (unpaired) electrons. The van der Waals surface area contributed by atoms with Gasteiger partial charge < -0.3 is 4.57 Å². The summed E-state index contributed by atoms with van der Waals surface area (Å²) in [7, 11) is 0. The van der Waals surface area contributed by atoms with E-state index >= 15 is 0 Å². The van der Waals surface area contributed by atoms with Gasteiger partial charge in [-0.2, -0.15) is 0 Å². The molecule has 0 spiro atoms. The molecule has 6 heteroatoms. The van der Waals surface area contributed by atoms with Crippen LogP contribution in [0.3, 0.4) is 0 Å². The van der Waals surface area contributed by atoms with E-state index in [9.17, 15) is 0 Å². The SMILES string of the molecule is N=C1C=Cc2c(c3ccccc3n2-c2cccc(-c3ccc(-c4nc(-c5ccccc5)cc(-c5ccccc5)n4)cc3)c2)C1=NS. The Labute approximate surface area is 272 Å². The number of hydrogen-bond donors (Lipinski definition) is 2. The molecule has 7 aromatic rings. The highest BCUT2D eigenvalue weighted by Gasteiger charge is 2.25. The van der Waals surface area contributed by atoms with Crippen molar-refractivity contribution >= 4 is 41.2 Å². The molecule has 0 unspecified atom stereocenters. The zero-order chi connectivity index (χ0) is 31.0. The van der Waals surface area contributed by atoms with Crippen molar-refractivity contribution in [2.75, 3.05) is 0 Å². The minimum Gasteiger partial charge on any atom is -0.309 e. The summed E-state index contributed by atoms with van der Waals surface area (Å²) in [4.78, 5) is 9.97. The Morgan fingerprint density at radius 2 is 1.17 bits per heavy atom. The van der Waals surface area contributed by atoms with Crippen LogP contribution in [0.4, 0.5) is 0 Å². The first kappa shape index (κ1) is 27.7. The fraction of sp³-hybridized carbons (Fsp3) is 0. The molecule has 2 heterocycles. The minimum absolute atomic E-state index is 0.355. The Kier molecular flexibility index (Phi) is 6.97. The van der Waals surface area contributed by atoms with Gasteiger partial charge in [0.1, 0.15) is 5.71 Å². The van der Waals surface area contributed by atoms with Crippen LogP contribution in [0.2, 0.25) is 0 Å². The average Bonchev–Trinajstić information content (AvgIpc) is 3.47. The molecule has 0 saturated carbocycles. The van der Waals surface area contributed by atoms with Gasteiger partial charge in [-0.1, -0.05) is 115 Å². The second-order valence-electron chi connectivity index (χ2n) is 11.1. The maximum Gasteiger partial charge on any atom is 0.160 e. The lowest BCUT2D eigenvalue weighted by atomic mass is 9.97. The monoisotopic (exact) mass is 609 g/mol. The first-order chi connectivity index (χ1) is 22.7. The summed E-state index contributed by atoms with van der Waals surface area (Å²) in [5.74, 6) is 0.685. The van der Waals surface area contributed by atoms with Crippen LogP contribution in [0.5, 0.6) is 0 Å². The van der Waals surface area contributed by atoms with E-state index in [1.165, 1.54) is 0 Å². The summed E-state index contributed by atoms with van der Waals surface area (Å²) in [5.41, 5.74) is 12.0. The molecule has 2 aromatic heterocycles. The number of aromatic nitrogens is 3. The second-order valence-corrected chi connectivity index (χ2v) is 11.3. The first-order valence-corrected chi connectivity index (χ1v) is 15.4. The quantitative estimate of drug-likeness (QED) is 0.191. The van der Waals surface area contributed by atoms with Crippen LogP contribution < -0.4 is 0 Å². The number of rotatable bonds is 5. The van der Waals surface area contributed by atoms with Gasteiger partial charge >= 0.3 is 0 Å². The van der Waals surface area contributed by atoms with E-state index in [2.05, 4.69) is 113 Å². The summed E-state index contributed by atoms with van der Waals surface area (Å²) in [6.07, 6.45) is 3.78. The fourth-order valence-electron chi connectivity index (χ4n) is 6.15. The largest absolute Gasteiger partial charge is 0.309 e. The lowest BCUT2D eigenvalue weighted by Gasteiger charge is -2.15. The second kappa shape index (κ2) is 11.6. The molecule has 0 amide bonds. The van der Waals surface area contributed by atoms with Crippen molar-refractivity contribution in [1.82, 2.24) is 14.5 Å². The molecule has 1 N–H and O–H groups in total. The third kappa shape index (κ3) is 4.85. The van der Waals surface area contributed by atoms with E-state index in [1.807, 2.05) is 54.6 Å². The van der Waals surface area contributed by atoms with Gasteiger partial charge in [0.2, 0.25) is 0 Å². The predicted molar refractivity (Wildman–Crippen MR) is 193 cm³/mol. The van der Waals surface area contributed by atoms with Crippen LogP contribution in [0.15, 0.2) is 150 Å². The number of fused-ring (bicyclic) bond motifs is 3. The number of para-hydroxylation sites is 1. The number of nitrogens with zero attached hydrogens (tertiary/aromatic N) is 4. The molecule has 1 aliphatic rings. The zero-order valence-corrected chi connectivity index (χ0v) is 25.6. The predicted octanol–water partition coefficient (Wildman–Crippen LogP) is 9.77. The fourth-order valence-corrected chi connectivity index (χ4v) is 6.36. The molecule has 0 fully saturated rings. The Hall–Kier alpha value is -5.85. The Balaban J connectivity index is 1.19. The van der Waals surface area contributed by atoms with Crippen LogP contribution in [0, 0.1) is 5.41 Å². The number of allylic oxidation sites excluding steroid dienone is 1. The van der Waals surface area contributed by atoms with E-state index in [-0.39, 0.29) is 0 Å². The first-order valence-electron chi connectivity index (χ1n) is 15.0. The molecule has 0 aliphatic heterocycles. The van der Waals surface area contributed by atoms with Crippen molar-refractivity contribution < 1.29 is 0 Å². The van der Waals surface area contributed by atoms with Gasteiger partial charge in [0.25, 0.3) is 0 Å². The Morgan fingerprint density at radius 3 is 1.85 bits per heavy atom. The van der Waals surface area contributed by atoms with E-state index in [1.54, 1.807) is 6.08 Å². The molecular formula is C40H27N5S. The van der Waals surface area contributed by atoms with Crippen LogP contribution in [0.25, 0.3) is 67.7 Å². The number of benzene rings is 5. The normalized spacial score (nSPS) is 13.3. The smallest absolute Gasteiger partial charge is 0.160 e. The molecule has 0 bridgehead atoms. The van der Waals surface area contributed by atoms with Crippen LogP contribution in [0.1, 0.15) is 11.3 Å². The van der Waals surface area contributed by atoms with Gasteiger partial charge in [-0.25, -0.2) is 14.4 Å². The minimum atomic E-state index is 0.355. The van der Waals surface area contributed by atoms with Crippen molar-refractivity contribution in [3.05, 3.63) is 157 Å². The van der Waals surface area contributed by atoms with Gasteiger partial charge in [-0.15, -0.1) is 0 Å². The molecule has 8 rings (SSSR count). The third-order valence-corrected chi connectivity index (χ3v) is 8.56. The molecule has 1 aliphatic carbocycles. The van der Waals surface area contributed by atoms with E-state index in [0.29, 0.717) is 17.2 Å². The third-order valence-electron chi connectivity index (χ3n) is 8.36. The topological polar surface area (TPSA) is 66.9 Å². The van der Waals surface area contributed by atoms with E-state index in [0.717, 1.165) is 67.1 Å². The van der Waals surface area contributed by atoms with Crippen molar-refractivity contribution in [1.29, 1.82) is 5.41 Å². The number of hydrogen-bond acceptors (Lipinski definition) is 5. The highest BCUT2D eigenvalue weighted by atomic mass is 32.1. The van der Waals surface area contributed by atoms with Gasteiger partial charge in [0, 0.05) is 33.3 Å². The highest BCUT2D eigenvalue weighted by molar-refractivity contribution is 7.79. The highest BCUT2D eigenvalue weighted by Crippen LogP contribution is 2.35. The van der Waals surface area contributed by atoms with Gasteiger partial charge in [-0.3, -0.25) is 5.41 Å². The number of thiol groups is 1. The molecule has 5 nitrogen and oxygen atoms in total. The van der Waals surface area contributed by atoms with Gasteiger partial charge in [-0.05, 0) is 60.4 Å². The molecular weight excluding hydrogens is 583 g/mol. The Bertz CT molecular complexity index is 2260. The van der Waals surface area contributed by atoms with Crippen molar-refractivity contribution in [2.24, 2.45) is 4.40 Å². The lowest BCUT2D eigenvalue weighted by Crippen LogP contribution is -2.16. The summed E-state index contributed by atoms with van der Waals surface area (Å²) in [6, 6.07) is 47.7. The zero-order valence-electron chi connectivity index (χ0n) is 24.7.